The van der Waals surface area contributed by atoms with Crippen LogP contribution in [0.1, 0.15) is 12.8 Å². The molecular formula is C10H13FN2O5S. The molecule has 0 heterocycles. The molecule has 1 rings (SSSR count). The molecule has 0 aliphatic carbocycles. The fourth-order valence-corrected chi connectivity index (χ4v) is 1.95. The van der Waals surface area contributed by atoms with E-state index >= 15 is 0 Å². The summed E-state index contributed by atoms with van der Waals surface area (Å²) < 4.78 is 39.3. The summed E-state index contributed by atoms with van der Waals surface area (Å²) >= 11 is 0. The normalized spacial score (nSPS) is 11.3. The van der Waals surface area contributed by atoms with E-state index < -0.39 is 26.5 Å². The maximum Gasteiger partial charge on any atom is 0.313 e. The first-order chi connectivity index (χ1) is 8.79. The van der Waals surface area contributed by atoms with Crippen molar-refractivity contribution < 1.29 is 22.5 Å². The third-order valence-corrected chi connectivity index (χ3v) is 3.06. The van der Waals surface area contributed by atoms with Crippen LogP contribution in [-0.2, 0) is 10.0 Å². The van der Waals surface area contributed by atoms with Gasteiger partial charge in [0.15, 0.2) is 5.75 Å². The molecule has 0 aromatic heterocycles. The van der Waals surface area contributed by atoms with Gasteiger partial charge < -0.3 is 4.74 Å². The van der Waals surface area contributed by atoms with E-state index in [0.29, 0.717) is 6.42 Å². The minimum absolute atomic E-state index is 0.0537. The number of benzene rings is 1. The van der Waals surface area contributed by atoms with Crippen LogP contribution >= 0.6 is 0 Å². The summed E-state index contributed by atoms with van der Waals surface area (Å²) in [4.78, 5) is 9.91. The molecule has 1 aromatic rings. The first-order valence-electron chi connectivity index (χ1n) is 5.37. The van der Waals surface area contributed by atoms with Gasteiger partial charge in [0.25, 0.3) is 0 Å². The number of rotatable bonds is 7. The Morgan fingerprint density at radius 1 is 1.37 bits per heavy atom. The number of sulfonamides is 1. The van der Waals surface area contributed by atoms with Gasteiger partial charge in [0.2, 0.25) is 10.0 Å². The van der Waals surface area contributed by atoms with E-state index in [1.165, 1.54) is 0 Å². The van der Waals surface area contributed by atoms with Gasteiger partial charge >= 0.3 is 5.69 Å². The lowest BCUT2D eigenvalue weighted by Crippen LogP contribution is -2.16. The summed E-state index contributed by atoms with van der Waals surface area (Å²) in [7, 11) is -3.51. The van der Waals surface area contributed by atoms with Crippen molar-refractivity contribution in [1.82, 2.24) is 0 Å². The zero-order valence-electron chi connectivity index (χ0n) is 9.91. The first-order valence-corrected chi connectivity index (χ1v) is 7.08. The summed E-state index contributed by atoms with van der Waals surface area (Å²) in [6, 6.07) is 2.97. The molecule has 0 radical (unpaired) electrons. The van der Waals surface area contributed by atoms with Gasteiger partial charge in [0.05, 0.1) is 23.3 Å². The Morgan fingerprint density at radius 2 is 2.05 bits per heavy atom. The number of nitrogens with zero attached hydrogens (tertiary/aromatic N) is 1. The fraction of sp³-hybridized carbons (Fsp3) is 0.400. The molecule has 0 unspecified atom stereocenters. The van der Waals surface area contributed by atoms with E-state index in [2.05, 4.69) is 0 Å². The van der Waals surface area contributed by atoms with Crippen LogP contribution in [0.5, 0.6) is 5.75 Å². The van der Waals surface area contributed by atoms with E-state index in [-0.39, 0.29) is 24.5 Å². The summed E-state index contributed by atoms with van der Waals surface area (Å²) in [5.74, 6) is -0.961. The molecule has 0 atom stereocenters. The molecule has 9 heteroatoms. The molecule has 19 heavy (non-hydrogen) atoms. The van der Waals surface area contributed by atoms with Crippen molar-refractivity contribution in [3.05, 3.63) is 34.1 Å². The smallest absolute Gasteiger partial charge is 0.313 e. The maximum atomic E-state index is 12.8. The second-order valence-electron chi connectivity index (χ2n) is 3.79. The van der Waals surface area contributed by atoms with Crippen LogP contribution < -0.4 is 9.88 Å². The van der Waals surface area contributed by atoms with Crippen molar-refractivity contribution >= 4 is 15.7 Å². The minimum atomic E-state index is -3.51. The summed E-state index contributed by atoms with van der Waals surface area (Å²) in [6.45, 7) is 0.0853. The van der Waals surface area contributed by atoms with Gasteiger partial charge in [-0.1, -0.05) is 0 Å². The number of hydrogen-bond donors (Lipinski definition) is 1. The molecule has 106 valence electrons. The second-order valence-corrected chi connectivity index (χ2v) is 5.53. The van der Waals surface area contributed by atoms with E-state index in [1.54, 1.807) is 0 Å². The molecule has 1 aromatic carbocycles. The Morgan fingerprint density at radius 3 is 2.63 bits per heavy atom. The van der Waals surface area contributed by atoms with Crippen molar-refractivity contribution in [2.24, 2.45) is 5.14 Å². The summed E-state index contributed by atoms with van der Waals surface area (Å²) in [5.41, 5.74) is -0.466. The molecule has 7 nitrogen and oxygen atoms in total. The molecule has 0 aliphatic rings. The predicted molar refractivity (Wildman–Crippen MR) is 65.8 cm³/mol. The van der Waals surface area contributed by atoms with Crippen molar-refractivity contribution in [2.75, 3.05) is 12.4 Å². The number of unbranched alkanes of at least 4 members (excludes halogenated alkanes) is 1. The standard InChI is InChI=1S/C10H13FN2O5S/c11-8-3-4-10(9(7-8)13(14)15)18-5-1-2-6-19(12,16)17/h3-4,7H,1-2,5-6H2,(H2,12,16,17). The van der Waals surface area contributed by atoms with E-state index in [0.717, 1.165) is 18.2 Å². The number of nitro groups is 1. The topological polar surface area (TPSA) is 113 Å². The lowest BCUT2D eigenvalue weighted by Gasteiger charge is -2.06. The number of hydrogen-bond acceptors (Lipinski definition) is 5. The van der Waals surface area contributed by atoms with Crippen LogP contribution in [0, 0.1) is 15.9 Å². The van der Waals surface area contributed by atoms with Crippen LogP contribution in [0.3, 0.4) is 0 Å². The number of nitrogens with two attached hydrogens (primary N) is 1. The Hall–Kier alpha value is -1.74. The Balaban J connectivity index is 2.52. The molecule has 0 fully saturated rings. The minimum Gasteiger partial charge on any atom is -0.487 e. The zero-order chi connectivity index (χ0) is 14.5. The highest BCUT2D eigenvalue weighted by molar-refractivity contribution is 7.89. The lowest BCUT2D eigenvalue weighted by molar-refractivity contribution is -0.386. The van der Waals surface area contributed by atoms with Gasteiger partial charge in [0, 0.05) is 0 Å². The summed E-state index contributed by atoms with van der Waals surface area (Å²) in [6.07, 6.45) is 0.652. The average molecular weight is 292 g/mol. The monoisotopic (exact) mass is 292 g/mol. The van der Waals surface area contributed by atoms with Crippen LogP contribution in [0.25, 0.3) is 0 Å². The van der Waals surface area contributed by atoms with E-state index in [1.807, 2.05) is 0 Å². The number of nitro benzene ring substituents is 1. The number of primary sulfonamides is 1. The first kappa shape index (κ1) is 15.3. The quantitative estimate of drug-likeness (QED) is 0.460. The molecule has 0 saturated carbocycles. The second kappa shape index (κ2) is 6.43. The van der Waals surface area contributed by atoms with Gasteiger partial charge in [-0.15, -0.1) is 0 Å². The Kier molecular flexibility index (Phi) is 5.19. The molecule has 0 bridgehead atoms. The van der Waals surface area contributed by atoms with Crippen molar-refractivity contribution in [3.63, 3.8) is 0 Å². The Bertz CT molecular complexity index is 561. The fourth-order valence-electron chi connectivity index (χ4n) is 1.34. The highest BCUT2D eigenvalue weighted by Gasteiger charge is 2.16. The maximum absolute atomic E-state index is 12.8. The highest BCUT2D eigenvalue weighted by atomic mass is 32.2. The Labute approximate surface area is 109 Å². The molecule has 0 amide bonds. The number of halogens is 1. The van der Waals surface area contributed by atoms with Gasteiger partial charge in [-0.05, 0) is 25.0 Å². The van der Waals surface area contributed by atoms with Crippen LogP contribution in [0.15, 0.2) is 18.2 Å². The van der Waals surface area contributed by atoms with Crippen LogP contribution in [-0.4, -0.2) is 25.7 Å². The van der Waals surface area contributed by atoms with Crippen molar-refractivity contribution in [3.8, 4) is 5.75 Å². The van der Waals surface area contributed by atoms with Crippen molar-refractivity contribution in [1.29, 1.82) is 0 Å². The third kappa shape index (κ3) is 5.62. The van der Waals surface area contributed by atoms with Crippen LogP contribution in [0.2, 0.25) is 0 Å². The molecule has 0 spiro atoms. The van der Waals surface area contributed by atoms with Gasteiger partial charge in [-0.25, -0.2) is 17.9 Å². The largest absolute Gasteiger partial charge is 0.487 e. The molecular weight excluding hydrogens is 279 g/mol. The van der Waals surface area contributed by atoms with Gasteiger partial charge in [0.1, 0.15) is 5.82 Å². The molecule has 2 N–H and O–H groups in total. The molecule has 0 saturated heterocycles. The summed E-state index contributed by atoms with van der Waals surface area (Å²) in [5, 5.41) is 15.5. The van der Waals surface area contributed by atoms with Gasteiger partial charge in [-0.3, -0.25) is 10.1 Å². The number of ether oxygens (including phenoxy) is 1. The van der Waals surface area contributed by atoms with Gasteiger partial charge in [-0.2, -0.15) is 0 Å². The van der Waals surface area contributed by atoms with Crippen molar-refractivity contribution in [2.45, 2.75) is 12.8 Å². The molecule has 0 aliphatic heterocycles. The zero-order valence-corrected chi connectivity index (χ0v) is 10.7. The predicted octanol–water partition coefficient (Wildman–Crippen LogP) is 1.18. The van der Waals surface area contributed by atoms with E-state index in [4.69, 9.17) is 9.88 Å². The third-order valence-electron chi connectivity index (χ3n) is 2.20. The highest BCUT2D eigenvalue weighted by Crippen LogP contribution is 2.27. The SMILES string of the molecule is NS(=O)(=O)CCCCOc1ccc(F)cc1[N+](=O)[O-]. The van der Waals surface area contributed by atoms with Crippen LogP contribution in [0.4, 0.5) is 10.1 Å². The lowest BCUT2D eigenvalue weighted by atomic mass is 10.3. The van der Waals surface area contributed by atoms with E-state index in [9.17, 15) is 22.9 Å². The average Bonchev–Trinajstić information content (AvgIpc) is 2.28.